The molecule has 1 atom stereocenters. The van der Waals surface area contributed by atoms with E-state index < -0.39 is 0 Å². The Morgan fingerprint density at radius 1 is 0.970 bits per heavy atom. The zero-order chi connectivity index (χ0) is 23.2. The Bertz CT molecular complexity index is 1100. The van der Waals surface area contributed by atoms with Gasteiger partial charge in [-0.15, -0.1) is 0 Å². The molecule has 0 N–H and O–H groups in total. The zero-order valence-corrected chi connectivity index (χ0v) is 19.4. The highest BCUT2D eigenvalue weighted by molar-refractivity contribution is 6.30. The Balaban J connectivity index is 1.61. The van der Waals surface area contributed by atoms with Crippen LogP contribution in [0.25, 0.3) is 0 Å². The summed E-state index contributed by atoms with van der Waals surface area (Å²) in [5, 5.41) is 0.532. The lowest BCUT2D eigenvalue weighted by Crippen LogP contribution is -2.42. The van der Waals surface area contributed by atoms with Crippen LogP contribution in [0.2, 0.25) is 5.02 Å². The fourth-order valence-electron chi connectivity index (χ4n) is 3.96. The quantitative estimate of drug-likeness (QED) is 0.429. The van der Waals surface area contributed by atoms with E-state index in [1.54, 1.807) is 38.5 Å². The molecular weight excluding hydrogens is 442 g/mol. The van der Waals surface area contributed by atoms with Gasteiger partial charge in [-0.25, -0.2) is 0 Å². The third-order valence-corrected chi connectivity index (χ3v) is 5.85. The van der Waals surface area contributed by atoms with Crippen LogP contribution in [0.5, 0.6) is 17.2 Å². The molecule has 0 fully saturated rings. The number of ether oxygens (including phenoxy) is 4. The summed E-state index contributed by atoms with van der Waals surface area (Å²) in [5.74, 6) is 2.12. The highest BCUT2D eigenvalue weighted by Gasteiger charge is 2.32. The van der Waals surface area contributed by atoms with Gasteiger partial charge in [0.05, 0.1) is 13.2 Å². The number of methoxy groups -OCH3 is 2. The van der Waals surface area contributed by atoms with E-state index in [9.17, 15) is 4.79 Å². The smallest absolute Gasteiger partial charge is 0.254 e. The summed E-state index contributed by atoms with van der Waals surface area (Å²) in [6, 6.07) is 20.1. The predicted octanol–water partition coefficient (Wildman–Crippen LogP) is 5.15. The second-order valence-electron chi connectivity index (χ2n) is 7.67. The topological polar surface area (TPSA) is 57.2 Å². The summed E-state index contributed by atoms with van der Waals surface area (Å²) < 4.78 is 21.9. The number of amides is 1. The molecule has 172 valence electrons. The van der Waals surface area contributed by atoms with Crippen molar-refractivity contribution in [2.45, 2.75) is 12.5 Å². The molecule has 3 aromatic carbocycles. The highest BCUT2D eigenvalue weighted by Crippen LogP contribution is 2.34. The first-order valence-corrected chi connectivity index (χ1v) is 11.0. The number of halogens is 1. The average molecular weight is 468 g/mol. The predicted molar refractivity (Wildman–Crippen MR) is 126 cm³/mol. The molecule has 4 rings (SSSR count). The number of carbonyl (C=O) groups excluding carboxylic acids is 1. The SMILES string of the molecule is COCOc1ccc2c(c1)CCN(C(=O)c1cccc(Cl)c1)C2COc1ccc(OC)cc1. The Hall–Kier alpha value is -3.22. The van der Waals surface area contributed by atoms with Crippen molar-refractivity contribution in [1.29, 1.82) is 0 Å². The molecule has 6 nitrogen and oxygen atoms in total. The lowest BCUT2D eigenvalue weighted by molar-refractivity contribution is 0.0507. The van der Waals surface area contributed by atoms with E-state index in [1.165, 1.54) is 0 Å². The van der Waals surface area contributed by atoms with E-state index in [0.717, 1.165) is 22.6 Å². The molecule has 1 unspecified atom stereocenters. The van der Waals surface area contributed by atoms with Gasteiger partial charge in [-0.2, -0.15) is 0 Å². The minimum Gasteiger partial charge on any atom is -0.497 e. The van der Waals surface area contributed by atoms with Gasteiger partial charge in [0, 0.05) is 24.2 Å². The highest BCUT2D eigenvalue weighted by atomic mass is 35.5. The van der Waals surface area contributed by atoms with Crippen molar-refractivity contribution >= 4 is 17.5 Å². The number of hydrogen-bond acceptors (Lipinski definition) is 5. The van der Waals surface area contributed by atoms with E-state index in [4.69, 9.17) is 30.5 Å². The normalized spacial score (nSPS) is 15.0. The van der Waals surface area contributed by atoms with Crippen LogP contribution in [0.4, 0.5) is 0 Å². The molecule has 0 spiro atoms. The maximum Gasteiger partial charge on any atom is 0.254 e. The Morgan fingerprint density at radius 3 is 2.45 bits per heavy atom. The molecule has 0 saturated heterocycles. The van der Waals surface area contributed by atoms with E-state index in [1.807, 2.05) is 47.4 Å². The largest absolute Gasteiger partial charge is 0.497 e. The molecule has 3 aromatic rings. The van der Waals surface area contributed by atoms with Gasteiger partial charge >= 0.3 is 0 Å². The Labute approximate surface area is 198 Å². The van der Waals surface area contributed by atoms with Gasteiger partial charge < -0.3 is 23.8 Å². The number of benzene rings is 3. The number of hydrogen-bond donors (Lipinski definition) is 0. The third-order valence-electron chi connectivity index (χ3n) is 5.61. The first-order chi connectivity index (χ1) is 16.1. The average Bonchev–Trinajstić information content (AvgIpc) is 2.85. The monoisotopic (exact) mass is 467 g/mol. The Morgan fingerprint density at radius 2 is 1.73 bits per heavy atom. The number of fused-ring (bicyclic) bond motifs is 1. The molecule has 1 amide bonds. The zero-order valence-electron chi connectivity index (χ0n) is 18.6. The molecule has 1 aliphatic rings. The van der Waals surface area contributed by atoms with Gasteiger partial charge in [-0.3, -0.25) is 4.79 Å². The van der Waals surface area contributed by atoms with Gasteiger partial charge in [0.2, 0.25) is 0 Å². The van der Waals surface area contributed by atoms with Gasteiger partial charge in [0.15, 0.2) is 6.79 Å². The summed E-state index contributed by atoms with van der Waals surface area (Å²) in [6.07, 6.45) is 0.713. The molecule has 0 radical (unpaired) electrons. The van der Waals surface area contributed by atoms with E-state index in [-0.39, 0.29) is 18.7 Å². The summed E-state index contributed by atoms with van der Waals surface area (Å²) >= 11 is 6.14. The Kier molecular flexibility index (Phi) is 7.37. The molecule has 7 heteroatoms. The van der Waals surface area contributed by atoms with Gasteiger partial charge in [-0.1, -0.05) is 23.7 Å². The summed E-state index contributed by atoms with van der Waals surface area (Å²) in [6.45, 7) is 1.05. The summed E-state index contributed by atoms with van der Waals surface area (Å²) in [5.41, 5.74) is 2.72. The molecule has 0 aromatic heterocycles. The summed E-state index contributed by atoms with van der Waals surface area (Å²) in [7, 11) is 3.21. The van der Waals surface area contributed by atoms with Crippen LogP contribution < -0.4 is 14.2 Å². The number of carbonyl (C=O) groups is 1. The summed E-state index contributed by atoms with van der Waals surface area (Å²) in [4.78, 5) is 15.3. The van der Waals surface area contributed by atoms with Crippen LogP contribution in [0.15, 0.2) is 66.7 Å². The maximum atomic E-state index is 13.4. The standard InChI is InChI=1S/C26H26ClNO5/c1-30-17-33-23-10-11-24-18(15-23)12-13-28(26(29)19-4-3-5-20(27)14-19)25(24)16-32-22-8-6-21(31-2)7-9-22/h3-11,14-15,25H,12-13,16-17H2,1-2H3. The first kappa shape index (κ1) is 23.0. The minimum absolute atomic E-state index is 0.0776. The molecule has 0 bridgehead atoms. The fourth-order valence-corrected chi connectivity index (χ4v) is 4.15. The van der Waals surface area contributed by atoms with Gasteiger partial charge in [-0.05, 0) is 72.1 Å². The molecule has 0 aliphatic carbocycles. The van der Waals surface area contributed by atoms with Gasteiger partial charge in [0.1, 0.15) is 23.9 Å². The van der Waals surface area contributed by atoms with Crippen LogP contribution in [-0.4, -0.2) is 45.0 Å². The van der Waals surface area contributed by atoms with E-state index in [2.05, 4.69) is 0 Å². The van der Waals surface area contributed by atoms with Crippen LogP contribution in [-0.2, 0) is 11.2 Å². The van der Waals surface area contributed by atoms with Crippen molar-refractivity contribution in [3.05, 3.63) is 88.4 Å². The van der Waals surface area contributed by atoms with Crippen molar-refractivity contribution in [1.82, 2.24) is 4.90 Å². The molecule has 0 saturated carbocycles. The minimum atomic E-state index is -0.265. The van der Waals surface area contributed by atoms with Crippen molar-refractivity contribution < 1.29 is 23.7 Å². The first-order valence-electron chi connectivity index (χ1n) is 10.7. The number of nitrogens with zero attached hydrogens (tertiary/aromatic N) is 1. The van der Waals surface area contributed by atoms with E-state index in [0.29, 0.717) is 35.9 Å². The number of rotatable bonds is 8. The molecule has 1 aliphatic heterocycles. The van der Waals surface area contributed by atoms with Crippen molar-refractivity contribution in [3.8, 4) is 17.2 Å². The van der Waals surface area contributed by atoms with Crippen molar-refractivity contribution in [3.63, 3.8) is 0 Å². The van der Waals surface area contributed by atoms with E-state index >= 15 is 0 Å². The lowest BCUT2D eigenvalue weighted by atomic mass is 9.92. The maximum absolute atomic E-state index is 13.4. The second-order valence-corrected chi connectivity index (χ2v) is 8.11. The second kappa shape index (κ2) is 10.6. The van der Waals surface area contributed by atoms with Crippen molar-refractivity contribution in [2.75, 3.05) is 34.2 Å². The lowest BCUT2D eigenvalue weighted by Gasteiger charge is -2.37. The molecule has 1 heterocycles. The van der Waals surface area contributed by atoms with Crippen molar-refractivity contribution in [2.24, 2.45) is 0 Å². The molecular formula is C26H26ClNO5. The van der Waals surface area contributed by atoms with Crippen LogP contribution in [0.3, 0.4) is 0 Å². The fraction of sp³-hybridized carbons (Fsp3) is 0.269. The van der Waals surface area contributed by atoms with Gasteiger partial charge in [0.25, 0.3) is 5.91 Å². The molecule has 33 heavy (non-hydrogen) atoms. The van der Waals surface area contributed by atoms with Crippen LogP contribution >= 0.6 is 11.6 Å². The van der Waals surface area contributed by atoms with Crippen LogP contribution in [0.1, 0.15) is 27.5 Å². The third kappa shape index (κ3) is 5.41. The van der Waals surface area contributed by atoms with Crippen LogP contribution in [0, 0.1) is 0 Å².